The van der Waals surface area contributed by atoms with Crippen LogP contribution in [0.3, 0.4) is 0 Å². The van der Waals surface area contributed by atoms with Crippen molar-refractivity contribution in [2.24, 2.45) is 15.9 Å². The van der Waals surface area contributed by atoms with Crippen LogP contribution in [0.4, 0.5) is 0 Å². The first-order valence-corrected chi connectivity index (χ1v) is 5.97. The molecule has 0 bridgehead atoms. The molecular formula is C15H12N2O2. The van der Waals surface area contributed by atoms with E-state index in [1.807, 2.05) is 42.5 Å². The first kappa shape index (κ1) is 11.6. The minimum Gasteiger partial charge on any atom is -0.497 e. The molecule has 0 aromatic heterocycles. The minimum absolute atomic E-state index is 0.292. The molecule has 1 heterocycles. The van der Waals surface area contributed by atoms with E-state index in [0.29, 0.717) is 5.84 Å². The van der Waals surface area contributed by atoms with Crippen molar-refractivity contribution in [2.75, 3.05) is 7.11 Å². The highest BCUT2D eigenvalue weighted by Crippen LogP contribution is 2.24. The van der Waals surface area contributed by atoms with Gasteiger partial charge < -0.3 is 9.53 Å². The second kappa shape index (κ2) is 4.65. The van der Waals surface area contributed by atoms with Crippen LogP contribution in [0.5, 0.6) is 5.75 Å². The van der Waals surface area contributed by atoms with Crippen molar-refractivity contribution >= 4 is 17.8 Å². The highest BCUT2D eigenvalue weighted by Gasteiger charge is 2.25. The molecule has 1 atom stereocenters. The van der Waals surface area contributed by atoms with E-state index in [9.17, 15) is 4.79 Å². The van der Waals surface area contributed by atoms with Crippen molar-refractivity contribution in [1.82, 2.24) is 0 Å². The van der Waals surface area contributed by atoms with Gasteiger partial charge in [-0.15, -0.1) is 0 Å². The van der Waals surface area contributed by atoms with E-state index in [1.165, 1.54) is 0 Å². The van der Waals surface area contributed by atoms with Crippen molar-refractivity contribution in [1.29, 1.82) is 0 Å². The Morgan fingerprint density at radius 3 is 2.68 bits per heavy atom. The van der Waals surface area contributed by atoms with Crippen LogP contribution in [-0.4, -0.2) is 24.9 Å². The number of ether oxygens (including phenoxy) is 1. The molecule has 0 saturated carbocycles. The molecule has 1 aromatic rings. The molecule has 0 spiro atoms. The third-order valence-corrected chi connectivity index (χ3v) is 3.10. The van der Waals surface area contributed by atoms with Gasteiger partial charge in [0.05, 0.1) is 24.4 Å². The summed E-state index contributed by atoms with van der Waals surface area (Å²) in [4.78, 5) is 19.9. The Labute approximate surface area is 110 Å². The lowest BCUT2D eigenvalue weighted by molar-refractivity contribution is -0.108. The number of allylic oxidation sites excluding steroid dienone is 4. The minimum atomic E-state index is -0.292. The van der Waals surface area contributed by atoms with Gasteiger partial charge in [-0.2, -0.15) is 0 Å². The highest BCUT2D eigenvalue weighted by atomic mass is 16.5. The van der Waals surface area contributed by atoms with Gasteiger partial charge in [0, 0.05) is 5.56 Å². The second-order valence-corrected chi connectivity index (χ2v) is 4.26. The number of hydrogen-bond acceptors (Lipinski definition) is 4. The summed E-state index contributed by atoms with van der Waals surface area (Å²) in [6.07, 6.45) is 6.42. The molecule has 1 aromatic carbocycles. The van der Waals surface area contributed by atoms with E-state index in [2.05, 4.69) is 9.98 Å². The number of aliphatic imine (C=N–C) groups is 2. The summed E-state index contributed by atoms with van der Waals surface area (Å²) >= 11 is 0. The molecule has 1 aliphatic heterocycles. The molecule has 4 nitrogen and oxygen atoms in total. The summed E-state index contributed by atoms with van der Waals surface area (Å²) in [5.41, 5.74) is 2.40. The Kier molecular flexibility index (Phi) is 2.83. The summed E-state index contributed by atoms with van der Waals surface area (Å²) in [6.45, 7) is 0. The number of aldehydes is 1. The predicted octanol–water partition coefficient (Wildman–Crippen LogP) is 2.17. The van der Waals surface area contributed by atoms with Gasteiger partial charge in [0.2, 0.25) is 0 Å². The van der Waals surface area contributed by atoms with Gasteiger partial charge in [-0.25, -0.2) is 9.98 Å². The lowest BCUT2D eigenvalue weighted by Gasteiger charge is -2.08. The van der Waals surface area contributed by atoms with Gasteiger partial charge in [-0.3, -0.25) is 0 Å². The largest absolute Gasteiger partial charge is 0.497 e. The molecule has 0 radical (unpaired) electrons. The molecule has 3 rings (SSSR count). The molecule has 0 saturated heterocycles. The highest BCUT2D eigenvalue weighted by molar-refractivity contribution is 6.22. The summed E-state index contributed by atoms with van der Waals surface area (Å²) in [5.74, 6) is 1.14. The van der Waals surface area contributed by atoms with Crippen LogP contribution in [0, 0.1) is 5.92 Å². The van der Waals surface area contributed by atoms with Gasteiger partial charge in [0.1, 0.15) is 12.0 Å². The SMILES string of the molecule is COc1ccc(C2=NC3=CC=CC(C=O)C3=N2)cc1. The van der Waals surface area contributed by atoms with E-state index >= 15 is 0 Å². The molecule has 0 fully saturated rings. The summed E-state index contributed by atoms with van der Waals surface area (Å²) < 4.78 is 5.12. The number of carbonyl (C=O) groups is 1. The van der Waals surface area contributed by atoms with Crippen LogP contribution in [0.1, 0.15) is 5.56 Å². The molecule has 0 N–H and O–H groups in total. The maximum atomic E-state index is 11.0. The molecule has 2 aliphatic rings. The number of carbonyl (C=O) groups excluding carboxylic acids is 1. The maximum absolute atomic E-state index is 11.0. The van der Waals surface area contributed by atoms with Gasteiger partial charge in [-0.1, -0.05) is 12.2 Å². The molecule has 4 heteroatoms. The normalized spacial score (nSPS) is 20.3. The fraction of sp³-hybridized carbons (Fsp3) is 0.133. The van der Waals surface area contributed by atoms with Crippen LogP contribution in [0.2, 0.25) is 0 Å². The molecule has 0 amide bonds. The van der Waals surface area contributed by atoms with Crippen molar-refractivity contribution < 1.29 is 9.53 Å². The standard InChI is InChI=1S/C15H12N2O2/c1-19-12-7-5-10(6-8-12)15-16-13-4-2-3-11(9-18)14(13)17-15/h2-9,11H,1H3. The summed E-state index contributed by atoms with van der Waals surface area (Å²) in [7, 11) is 1.63. The van der Waals surface area contributed by atoms with Crippen LogP contribution in [0.25, 0.3) is 0 Å². The average molecular weight is 252 g/mol. The number of benzene rings is 1. The third-order valence-electron chi connectivity index (χ3n) is 3.10. The molecular weight excluding hydrogens is 240 g/mol. The van der Waals surface area contributed by atoms with Crippen molar-refractivity contribution in [3.8, 4) is 5.75 Å². The monoisotopic (exact) mass is 252 g/mol. The predicted molar refractivity (Wildman–Crippen MR) is 73.7 cm³/mol. The molecule has 1 unspecified atom stereocenters. The second-order valence-electron chi connectivity index (χ2n) is 4.26. The lowest BCUT2D eigenvalue weighted by atomic mass is 9.98. The number of methoxy groups -OCH3 is 1. The van der Waals surface area contributed by atoms with Crippen molar-refractivity contribution in [3.05, 3.63) is 53.8 Å². The van der Waals surface area contributed by atoms with Gasteiger partial charge in [-0.05, 0) is 30.3 Å². The van der Waals surface area contributed by atoms with E-state index < -0.39 is 0 Å². The van der Waals surface area contributed by atoms with Crippen LogP contribution < -0.4 is 4.74 Å². The van der Waals surface area contributed by atoms with E-state index in [4.69, 9.17) is 4.74 Å². The van der Waals surface area contributed by atoms with E-state index in [1.54, 1.807) is 7.11 Å². The first-order chi connectivity index (χ1) is 9.31. The van der Waals surface area contributed by atoms with Gasteiger partial charge in [0.15, 0.2) is 5.84 Å². The Hall–Kier alpha value is -2.49. The quantitative estimate of drug-likeness (QED) is 0.774. The zero-order valence-electron chi connectivity index (χ0n) is 10.4. The van der Waals surface area contributed by atoms with Crippen molar-refractivity contribution in [2.45, 2.75) is 0 Å². The Morgan fingerprint density at radius 2 is 2.00 bits per heavy atom. The number of rotatable bonds is 3. The zero-order valence-corrected chi connectivity index (χ0v) is 10.4. The first-order valence-electron chi connectivity index (χ1n) is 5.97. The fourth-order valence-electron chi connectivity index (χ4n) is 2.07. The Bertz CT molecular complexity index is 637. The fourth-order valence-corrected chi connectivity index (χ4v) is 2.07. The van der Waals surface area contributed by atoms with Crippen LogP contribution in [-0.2, 0) is 4.79 Å². The van der Waals surface area contributed by atoms with E-state index in [0.717, 1.165) is 29.0 Å². The number of nitrogens with zero attached hydrogens (tertiary/aromatic N) is 2. The number of fused-ring (bicyclic) bond motifs is 1. The maximum Gasteiger partial charge on any atom is 0.160 e. The van der Waals surface area contributed by atoms with E-state index in [-0.39, 0.29) is 5.92 Å². The summed E-state index contributed by atoms with van der Waals surface area (Å²) in [6, 6.07) is 7.54. The zero-order chi connectivity index (χ0) is 13.2. The smallest absolute Gasteiger partial charge is 0.160 e. The Morgan fingerprint density at radius 1 is 1.21 bits per heavy atom. The topological polar surface area (TPSA) is 51.0 Å². The van der Waals surface area contributed by atoms with Gasteiger partial charge >= 0.3 is 0 Å². The molecule has 19 heavy (non-hydrogen) atoms. The molecule has 1 aliphatic carbocycles. The Balaban J connectivity index is 1.95. The van der Waals surface area contributed by atoms with Crippen LogP contribution >= 0.6 is 0 Å². The lowest BCUT2D eigenvalue weighted by Crippen LogP contribution is -2.15. The molecule has 94 valence electrons. The number of hydrogen-bond donors (Lipinski definition) is 0. The summed E-state index contributed by atoms with van der Waals surface area (Å²) in [5, 5.41) is 0. The third kappa shape index (κ3) is 2.01. The number of amidine groups is 1. The van der Waals surface area contributed by atoms with Crippen LogP contribution in [0.15, 0.2) is 58.2 Å². The average Bonchev–Trinajstić information content (AvgIpc) is 2.91. The van der Waals surface area contributed by atoms with Gasteiger partial charge in [0.25, 0.3) is 0 Å². The van der Waals surface area contributed by atoms with Crippen molar-refractivity contribution in [3.63, 3.8) is 0 Å².